The second kappa shape index (κ2) is 10.4. The maximum Gasteiger partial charge on any atom is 0.256 e. The number of carbonyl (C=O) groups is 1. The number of nitrogens with zero attached hydrogens (tertiary/aromatic N) is 2. The van der Waals surface area contributed by atoms with Gasteiger partial charge < -0.3 is 10.1 Å². The molecule has 1 heterocycles. The standard InChI is InChI=1S/C25H20BrCl2N3O2/c1-16-12-24(30-31(16)14-21-22(27)6-3-7-23(21)28)29-25(32)18-5-2-4-17(13-18)15-33-20-10-8-19(26)9-11-20/h2-13H,14-15H2,1H3,(H,29,30,32). The van der Waals surface area contributed by atoms with Crippen molar-refractivity contribution < 1.29 is 9.53 Å². The van der Waals surface area contributed by atoms with Crippen molar-refractivity contribution in [1.82, 2.24) is 9.78 Å². The van der Waals surface area contributed by atoms with Crippen molar-refractivity contribution in [3.8, 4) is 5.75 Å². The first-order chi connectivity index (χ1) is 15.9. The molecule has 168 valence electrons. The molecule has 1 N–H and O–H groups in total. The summed E-state index contributed by atoms with van der Waals surface area (Å²) in [7, 11) is 0. The third kappa shape index (κ3) is 5.96. The second-order valence-corrected chi connectivity index (χ2v) is 9.16. The molecule has 0 radical (unpaired) electrons. The molecule has 0 spiro atoms. The van der Waals surface area contributed by atoms with Crippen LogP contribution < -0.4 is 10.1 Å². The minimum Gasteiger partial charge on any atom is -0.489 e. The first-order valence-electron chi connectivity index (χ1n) is 10.1. The van der Waals surface area contributed by atoms with Crippen LogP contribution in [0.15, 0.2) is 77.3 Å². The molecule has 1 amide bonds. The van der Waals surface area contributed by atoms with E-state index in [1.165, 1.54) is 0 Å². The van der Waals surface area contributed by atoms with Crippen molar-refractivity contribution in [2.45, 2.75) is 20.1 Å². The van der Waals surface area contributed by atoms with Crippen molar-refractivity contribution in [3.63, 3.8) is 0 Å². The quantitative estimate of drug-likeness (QED) is 0.269. The summed E-state index contributed by atoms with van der Waals surface area (Å²) in [6.45, 7) is 2.67. The van der Waals surface area contributed by atoms with E-state index in [2.05, 4.69) is 26.3 Å². The van der Waals surface area contributed by atoms with Crippen molar-refractivity contribution in [1.29, 1.82) is 0 Å². The van der Waals surface area contributed by atoms with Gasteiger partial charge in [-0.15, -0.1) is 0 Å². The molecular weight excluding hydrogens is 525 g/mol. The van der Waals surface area contributed by atoms with E-state index in [1.807, 2.05) is 55.5 Å². The van der Waals surface area contributed by atoms with Crippen molar-refractivity contribution in [3.05, 3.63) is 110 Å². The van der Waals surface area contributed by atoms with Gasteiger partial charge in [-0.05, 0) is 61.0 Å². The first kappa shape index (κ1) is 23.4. The molecule has 0 aliphatic carbocycles. The number of ether oxygens (including phenoxy) is 1. The molecule has 0 saturated carbocycles. The number of anilines is 1. The predicted octanol–water partition coefficient (Wildman–Crippen LogP) is 7.14. The van der Waals surface area contributed by atoms with E-state index in [9.17, 15) is 4.79 Å². The third-order valence-corrected chi connectivity index (χ3v) is 6.24. The second-order valence-electron chi connectivity index (χ2n) is 7.43. The Morgan fingerprint density at radius 3 is 2.45 bits per heavy atom. The largest absolute Gasteiger partial charge is 0.489 e. The van der Waals surface area contributed by atoms with Gasteiger partial charge in [-0.1, -0.05) is 57.3 Å². The Bertz CT molecular complexity index is 1270. The number of amides is 1. The van der Waals surface area contributed by atoms with Gasteiger partial charge in [0.05, 0.1) is 6.54 Å². The summed E-state index contributed by atoms with van der Waals surface area (Å²) in [5, 5.41) is 8.50. The SMILES string of the molecule is Cc1cc(NC(=O)c2cccc(COc3ccc(Br)cc3)c2)nn1Cc1c(Cl)cccc1Cl. The summed E-state index contributed by atoms with van der Waals surface area (Å²) < 4.78 is 8.55. The van der Waals surface area contributed by atoms with Crippen LogP contribution in [-0.2, 0) is 13.2 Å². The van der Waals surface area contributed by atoms with Gasteiger partial charge in [0.2, 0.25) is 0 Å². The lowest BCUT2D eigenvalue weighted by atomic mass is 10.1. The third-order valence-electron chi connectivity index (χ3n) is 5.00. The predicted molar refractivity (Wildman–Crippen MR) is 135 cm³/mol. The Morgan fingerprint density at radius 1 is 1.03 bits per heavy atom. The van der Waals surface area contributed by atoms with Crippen LogP contribution in [0.5, 0.6) is 5.75 Å². The van der Waals surface area contributed by atoms with Gasteiger partial charge in [-0.25, -0.2) is 0 Å². The molecule has 5 nitrogen and oxygen atoms in total. The first-order valence-corrected chi connectivity index (χ1v) is 11.7. The summed E-state index contributed by atoms with van der Waals surface area (Å²) in [5.41, 5.74) is 3.07. The number of benzene rings is 3. The monoisotopic (exact) mass is 543 g/mol. The van der Waals surface area contributed by atoms with Crippen LogP contribution in [0, 0.1) is 6.92 Å². The van der Waals surface area contributed by atoms with Gasteiger partial charge in [0.15, 0.2) is 5.82 Å². The summed E-state index contributed by atoms with van der Waals surface area (Å²) >= 11 is 16.0. The van der Waals surface area contributed by atoms with Crippen LogP contribution in [0.3, 0.4) is 0 Å². The van der Waals surface area contributed by atoms with Gasteiger partial charge in [0.1, 0.15) is 12.4 Å². The lowest BCUT2D eigenvalue weighted by Gasteiger charge is -2.09. The van der Waals surface area contributed by atoms with E-state index in [0.29, 0.717) is 34.6 Å². The molecule has 0 unspecified atom stereocenters. The van der Waals surface area contributed by atoms with Crippen LogP contribution in [-0.4, -0.2) is 15.7 Å². The molecule has 0 bridgehead atoms. The number of nitrogens with one attached hydrogen (secondary N) is 1. The molecule has 0 aliphatic rings. The maximum atomic E-state index is 12.8. The Kier molecular flexibility index (Phi) is 7.38. The average Bonchev–Trinajstić information content (AvgIpc) is 3.14. The van der Waals surface area contributed by atoms with Crippen LogP contribution in [0.4, 0.5) is 5.82 Å². The van der Waals surface area contributed by atoms with E-state index in [4.69, 9.17) is 27.9 Å². The molecule has 1 aromatic heterocycles. The number of hydrogen-bond donors (Lipinski definition) is 1. The van der Waals surface area contributed by atoms with E-state index in [-0.39, 0.29) is 5.91 Å². The fourth-order valence-electron chi connectivity index (χ4n) is 3.25. The Labute approximate surface area is 210 Å². The maximum absolute atomic E-state index is 12.8. The highest BCUT2D eigenvalue weighted by molar-refractivity contribution is 9.10. The lowest BCUT2D eigenvalue weighted by Crippen LogP contribution is -2.13. The molecule has 0 fully saturated rings. The summed E-state index contributed by atoms with van der Waals surface area (Å²) in [6.07, 6.45) is 0. The molecule has 33 heavy (non-hydrogen) atoms. The van der Waals surface area contributed by atoms with E-state index < -0.39 is 0 Å². The number of aromatic nitrogens is 2. The molecule has 0 saturated heterocycles. The summed E-state index contributed by atoms with van der Waals surface area (Å²) in [4.78, 5) is 12.8. The zero-order valence-corrected chi connectivity index (χ0v) is 20.8. The minimum atomic E-state index is -0.249. The number of halogens is 3. The topological polar surface area (TPSA) is 56.1 Å². The smallest absolute Gasteiger partial charge is 0.256 e. The Morgan fingerprint density at radius 2 is 1.73 bits per heavy atom. The fraction of sp³-hybridized carbons (Fsp3) is 0.120. The van der Waals surface area contributed by atoms with Crippen LogP contribution >= 0.6 is 39.1 Å². The number of hydrogen-bond acceptors (Lipinski definition) is 3. The zero-order chi connectivity index (χ0) is 23.4. The van der Waals surface area contributed by atoms with Gasteiger partial charge in [0.25, 0.3) is 5.91 Å². The van der Waals surface area contributed by atoms with Gasteiger partial charge in [0, 0.05) is 37.4 Å². The number of aryl methyl sites for hydroxylation is 1. The van der Waals surface area contributed by atoms with E-state index >= 15 is 0 Å². The Balaban J connectivity index is 1.42. The highest BCUT2D eigenvalue weighted by Gasteiger charge is 2.13. The van der Waals surface area contributed by atoms with Gasteiger partial charge in [-0.3, -0.25) is 9.48 Å². The fourth-order valence-corrected chi connectivity index (χ4v) is 4.03. The Hall–Kier alpha value is -2.80. The number of rotatable bonds is 7. The highest BCUT2D eigenvalue weighted by atomic mass is 79.9. The van der Waals surface area contributed by atoms with Crippen molar-refractivity contribution in [2.24, 2.45) is 0 Å². The van der Waals surface area contributed by atoms with Crippen LogP contribution in [0.25, 0.3) is 0 Å². The molecule has 4 aromatic rings. The molecule has 4 rings (SSSR count). The van der Waals surface area contributed by atoms with E-state index in [1.54, 1.807) is 28.9 Å². The lowest BCUT2D eigenvalue weighted by molar-refractivity contribution is 0.102. The minimum absolute atomic E-state index is 0.249. The average molecular weight is 545 g/mol. The highest BCUT2D eigenvalue weighted by Crippen LogP contribution is 2.26. The normalized spacial score (nSPS) is 10.8. The summed E-state index contributed by atoms with van der Waals surface area (Å²) in [6, 6.07) is 22.1. The molecule has 3 aromatic carbocycles. The molecule has 8 heteroatoms. The van der Waals surface area contributed by atoms with Crippen LogP contribution in [0.2, 0.25) is 10.0 Å². The van der Waals surface area contributed by atoms with Gasteiger partial charge >= 0.3 is 0 Å². The molecular formula is C25H20BrCl2N3O2. The van der Waals surface area contributed by atoms with E-state index in [0.717, 1.165) is 27.0 Å². The number of carbonyl (C=O) groups excluding carboxylic acids is 1. The van der Waals surface area contributed by atoms with Crippen molar-refractivity contribution in [2.75, 3.05) is 5.32 Å². The molecule has 0 aliphatic heterocycles. The molecule has 0 atom stereocenters. The van der Waals surface area contributed by atoms with Crippen LogP contribution in [0.1, 0.15) is 27.2 Å². The van der Waals surface area contributed by atoms with Gasteiger partial charge in [-0.2, -0.15) is 5.10 Å². The van der Waals surface area contributed by atoms with Crippen molar-refractivity contribution >= 4 is 50.9 Å². The zero-order valence-electron chi connectivity index (χ0n) is 17.7. The summed E-state index contributed by atoms with van der Waals surface area (Å²) in [5.74, 6) is 0.964.